The number of amidine groups is 1. The molecule has 1 aliphatic heterocycles. The summed E-state index contributed by atoms with van der Waals surface area (Å²) in [6.07, 6.45) is 2.40. The van der Waals surface area contributed by atoms with Gasteiger partial charge >= 0.3 is 0 Å². The number of rotatable bonds is 3. The Morgan fingerprint density at radius 2 is 2.39 bits per heavy atom. The molecule has 0 saturated carbocycles. The molecule has 0 bridgehead atoms. The van der Waals surface area contributed by atoms with Crippen molar-refractivity contribution in [2.24, 2.45) is 16.8 Å². The van der Waals surface area contributed by atoms with Gasteiger partial charge in [-0.25, -0.2) is 0 Å². The molecule has 2 rings (SSSR count). The summed E-state index contributed by atoms with van der Waals surface area (Å²) in [6.45, 7) is 4.29. The van der Waals surface area contributed by atoms with Gasteiger partial charge in [-0.2, -0.15) is 0 Å². The standard InChI is InChI=1S/C13H18BrN3O/c1-2-9-6-7-17(8-9)11-5-3-4-10(14)12(11)13(15)16-18/h3-5,9,18H,2,6-8H2,1H3,(H2,15,16). The quantitative estimate of drug-likeness (QED) is 0.390. The zero-order valence-corrected chi connectivity index (χ0v) is 12.0. The van der Waals surface area contributed by atoms with E-state index in [0.717, 1.165) is 34.7 Å². The number of anilines is 1. The summed E-state index contributed by atoms with van der Waals surface area (Å²) >= 11 is 3.47. The summed E-state index contributed by atoms with van der Waals surface area (Å²) in [4.78, 5) is 2.31. The fraction of sp³-hybridized carbons (Fsp3) is 0.462. The van der Waals surface area contributed by atoms with Crippen LogP contribution in [0.25, 0.3) is 0 Å². The second kappa shape index (κ2) is 5.61. The minimum atomic E-state index is 0.150. The first-order chi connectivity index (χ1) is 8.67. The second-order valence-corrected chi connectivity index (χ2v) is 5.48. The Hall–Kier alpha value is -1.23. The number of oxime groups is 1. The summed E-state index contributed by atoms with van der Waals surface area (Å²) < 4.78 is 0.857. The van der Waals surface area contributed by atoms with Gasteiger partial charge in [-0.05, 0) is 40.4 Å². The fourth-order valence-corrected chi connectivity index (χ4v) is 3.02. The SMILES string of the molecule is CCC1CCN(c2cccc(Br)c2/C(N)=N/O)C1. The maximum absolute atomic E-state index is 8.90. The molecule has 1 aromatic rings. The first-order valence-corrected chi connectivity index (χ1v) is 6.98. The largest absolute Gasteiger partial charge is 0.409 e. The molecule has 1 saturated heterocycles. The van der Waals surface area contributed by atoms with Gasteiger partial charge in [-0.15, -0.1) is 0 Å². The van der Waals surface area contributed by atoms with E-state index in [1.807, 2.05) is 18.2 Å². The molecule has 0 aliphatic carbocycles. The van der Waals surface area contributed by atoms with Gasteiger partial charge in [-0.3, -0.25) is 0 Å². The Balaban J connectivity index is 2.36. The van der Waals surface area contributed by atoms with Crippen LogP contribution in [-0.2, 0) is 0 Å². The van der Waals surface area contributed by atoms with Crippen molar-refractivity contribution in [3.63, 3.8) is 0 Å². The number of hydrogen-bond acceptors (Lipinski definition) is 3. The summed E-state index contributed by atoms with van der Waals surface area (Å²) in [5, 5.41) is 12.0. The molecule has 1 aromatic carbocycles. The van der Waals surface area contributed by atoms with E-state index >= 15 is 0 Å². The van der Waals surface area contributed by atoms with Crippen molar-refractivity contribution in [3.8, 4) is 0 Å². The van der Waals surface area contributed by atoms with Crippen molar-refractivity contribution in [3.05, 3.63) is 28.2 Å². The molecule has 1 heterocycles. The molecule has 4 nitrogen and oxygen atoms in total. The number of halogens is 1. The molecule has 98 valence electrons. The van der Waals surface area contributed by atoms with Gasteiger partial charge in [-0.1, -0.05) is 24.6 Å². The Morgan fingerprint density at radius 3 is 3.00 bits per heavy atom. The third-order valence-electron chi connectivity index (χ3n) is 3.56. The normalized spacial score (nSPS) is 20.4. The lowest BCUT2D eigenvalue weighted by Crippen LogP contribution is -2.25. The Morgan fingerprint density at radius 1 is 1.61 bits per heavy atom. The van der Waals surface area contributed by atoms with Gasteiger partial charge in [0.05, 0.1) is 5.56 Å². The molecule has 1 atom stereocenters. The van der Waals surface area contributed by atoms with Crippen LogP contribution in [0.2, 0.25) is 0 Å². The van der Waals surface area contributed by atoms with Crippen LogP contribution in [0.15, 0.2) is 27.8 Å². The molecular weight excluding hydrogens is 294 g/mol. The number of hydrogen-bond donors (Lipinski definition) is 2. The summed E-state index contributed by atoms with van der Waals surface area (Å²) in [6, 6.07) is 5.91. The molecule has 0 spiro atoms. The molecular formula is C13H18BrN3O. The number of benzene rings is 1. The highest BCUT2D eigenvalue weighted by atomic mass is 79.9. The summed E-state index contributed by atoms with van der Waals surface area (Å²) in [5.74, 6) is 0.890. The zero-order valence-electron chi connectivity index (χ0n) is 10.4. The van der Waals surface area contributed by atoms with Crippen LogP contribution in [-0.4, -0.2) is 24.1 Å². The van der Waals surface area contributed by atoms with E-state index in [4.69, 9.17) is 10.9 Å². The van der Waals surface area contributed by atoms with E-state index in [9.17, 15) is 0 Å². The van der Waals surface area contributed by atoms with E-state index in [1.165, 1.54) is 12.8 Å². The molecule has 3 N–H and O–H groups in total. The smallest absolute Gasteiger partial charge is 0.173 e. The third kappa shape index (κ3) is 2.46. The van der Waals surface area contributed by atoms with Gasteiger partial charge in [0, 0.05) is 23.2 Å². The topological polar surface area (TPSA) is 61.8 Å². The average Bonchev–Trinajstić information content (AvgIpc) is 2.86. The molecule has 5 heteroatoms. The van der Waals surface area contributed by atoms with Gasteiger partial charge in [0.1, 0.15) is 0 Å². The lowest BCUT2D eigenvalue weighted by atomic mass is 10.1. The van der Waals surface area contributed by atoms with E-state index in [-0.39, 0.29) is 5.84 Å². The van der Waals surface area contributed by atoms with Gasteiger partial charge < -0.3 is 15.8 Å². The molecule has 1 unspecified atom stereocenters. The average molecular weight is 312 g/mol. The van der Waals surface area contributed by atoms with E-state index in [1.54, 1.807) is 0 Å². The van der Waals surface area contributed by atoms with Crippen LogP contribution in [0.3, 0.4) is 0 Å². The van der Waals surface area contributed by atoms with Crippen molar-refractivity contribution >= 4 is 27.5 Å². The third-order valence-corrected chi connectivity index (χ3v) is 4.22. The first kappa shape index (κ1) is 13.2. The Labute approximate surface area is 116 Å². The molecule has 0 radical (unpaired) electrons. The molecule has 0 amide bonds. The predicted octanol–water partition coefficient (Wildman–Crippen LogP) is 2.78. The highest BCUT2D eigenvalue weighted by Gasteiger charge is 2.24. The molecule has 1 fully saturated rings. The Bertz CT molecular complexity index is 462. The van der Waals surface area contributed by atoms with Crippen LogP contribution in [0.4, 0.5) is 5.69 Å². The summed E-state index contributed by atoms with van der Waals surface area (Å²) in [5.41, 5.74) is 7.59. The first-order valence-electron chi connectivity index (χ1n) is 6.18. The van der Waals surface area contributed by atoms with Crippen LogP contribution in [0.5, 0.6) is 0 Å². The number of nitrogens with two attached hydrogens (primary N) is 1. The van der Waals surface area contributed by atoms with Crippen molar-refractivity contribution in [1.29, 1.82) is 0 Å². The van der Waals surface area contributed by atoms with Crippen molar-refractivity contribution in [2.45, 2.75) is 19.8 Å². The molecule has 0 aromatic heterocycles. The maximum atomic E-state index is 8.90. The zero-order chi connectivity index (χ0) is 13.1. The van der Waals surface area contributed by atoms with Crippen LogP contribution in [0, 0.1) is 5.92 Å². The van der Waals surface area contributed by atoms with Gasteiger partial charge in [0.25, 0.3) is 0 Å². The maximum Gasteiger partial charge on any atom is 0.173 e. The molecule has 1 aliphatic rings. The lowest BCUT2D eigenvalue weighted by molar-refractivity contribution is 0.318. The highest BCUT2D eigenvalue weighted by molar-refractivity contribution is 9.10. The van der Waals surface area contributed by atoms with Gasteiger partial charge in [0.15, 0.2) is 5.84 Å². The predicted molar refractivity (Wildman–Crippen MR) is 77.3 cm³/mol. The monoisotopic (exact) mass is 311 g/mol. The van der Waals surface area contributed by atoms with Crippen molar-refractivity contribution in [1.82, 2.24) is 0 Å². The number of nitrogens with zero attached hydrogens (tertiary/aromatic N) is 2. The van der Waals surface area contributed by atoms with Crippen molar-refractivity contribution in [2.75, 3.05) is 18.0 Å². The van der Waals surface area contributed by atoms with E-state index in [0.29, 0.717) is 0 Å². The van der Waals surface area contributed by atoms with E-state index in [2.05, 4.69) is 32.9 Å². The minimum Gasteiger partial charge on any atom is -0.409 e. The Kier molecular flexibility index (Phi) is 4.11. The second-order valence-electron chi connectivity index (χ2n) is 4.63. The summed E-state index contributed by atoms with van der Waals surface area (Å²) in [7, 11) is 0. The lowest BCUT2D eigenvalue weighted by Gasteiger charge is -2.22. The van der Waals surface area contributed by atoms with Crippen molar-refractivity contribution < 1.29 is 5.21 Å². The molecule has 18 heavy (non-hydrogen) atoms. The fourth-order valence-electron chi connectivity index (χ4n) is 2.46. The van der Waals surface area contributed by atoms with Crippen LogP contribution < -0.4 is 10.6 Å². The minimum absolute atomic E-state index is 0.150. The van der Waals surface area contributed by atoms with Gasteiger partial charge in [0.2, 0.25) is 0 Å². The van der Waals surface area contributed by atoms with Crippen LogP contribution in [0.1, 0.15) is 25.3 Å². The van der Waals surface area contributed by atoms with Crippen LogP contribution >= 0.6 is 15.9 Å². The highest BCUT2D eigenvalue weighted by Crippen LogP contribution is 2.32. The van der Waals surface area contributed by atoms with E-state index < -0.39 is 0 Å².